The fourth-order valence-electron chi connectivity index (χ4n) is 0.313. The highest BCUT2D eigenvalue weighted by Gasteiger charge is 1.58. The first kappa shape index (κ1) is 7.08. The van der Waals surface area contributed by atoms with Crippen LogP contribution >= 0.6 is 18.1 Å². The zero-order chi connectivity index (χ0) is 4.24. The smallest absolute Gasteiger partial charge is 0.0347 e. The SMILES string of the molecule is P.c1ccpcc1. The molecule has 0 amide bonds. The maximum absolute atomic E-state index is 2.10. The fraction of sp³-hybridized carbons (Fsp3) is 0. The van der Waals surface area contributed by atoms with Gasteiger partial charge in [0.2, 0.25) is 0 Å². The van der Waals surface area contributed by atoms with Gasteiger partial charge in [-0.1, -0.05) is 26.4 Å². The minimum atomic E-state index is 0. The number of rotatable bonds is 0. The first-order chi connectivity index (χ1) is 3.00. The summed E-state index contributed by atoms with van der Waals surface area (Å²) in [6.45, 7) is 0. The summed E-state index contributed by atoms with van der Waals surface area (Å²) in [6.07, 6.45) is 0. The molecule has 0 aromatic carbocycles. The Morgan fingerprint density at radius 3 is 1.57 bits per heavy atom. The lowest BCUT2D eigenvalue weighted by Crippen LogP contribution is -1.39. The molecule has 2 heteroatoms. The second kappa shape index (κ2) is 4.24. The summed E-state index contributed by atoms with van der Waals surface area (Å²) < 4.78 is 0. The van der Waals surface area contributed by atoms with E-state index in [4.69, 9.17) is 0 Å². The van der Waals surface area contributed by atoms with Crippen molar-refractivity contribution in [2.45, 2.75) is 0 Å². The van der Waals surface area contributed by atoms with Crippen molar-refractivity contribution < 1.29 is 0 Å². The van der Waals surface area contributed by atoms with Crippen molar-refractivity contribution >= 4 is 18.1 Å². The molecule has 1 heterocycles. The molecule has 0 N–H and O–H groups in total. The Morgan fingerprint density at radius 1 is 0.857 bits per heavy atom. The lowest BCUT2D eigenvalue weighted by Gasteiger charge is -1.69. The van der Waals surface area contributed by atoms with Crippen molar-refractivity contribution in [3.63, 3.8) is 0 Å². The Kier molecular flexibility index (Phi) is 4.29. The molecule has 1 atom stereocenters. The quantitative estimate of drug-likeness (QED) is 0.473. The van der Waals surface area contributed by atoms with E-state index < -0.39 is 0 Å². The molecule has 0 bridgehead atoms. The van der Waals surface area contributed by atoms with Crippen LogP contribution in [0.4, 0.5) is 0 Å². The van der Waals surface area contributed by atoms with Gasteiger partial charge in [-0.25, -0.2) is 0 Å². The van der Waals surface area contributed by atoms with E-state index in [1.54, 1.807) is 0 Å². The molecular weight excluding hydrogens is 122 g/mol. The van der Waals surface area contributed by atoms with Crippen LogP contribution in [0.3, 0.4) is 0 Å². The van der Waals surface area contributed by atoms with Gasteiger partial charge in [0.1, 0.15) is 0 Å². The van der Waals surface area contributed by atoms with E-state index in [0.717, 1.165) is 0 Å². The van der Waals surface area contributed by atoms with E-state index in [9.17, 15) is 0 Å². The van der Waals surface area contributed by atoms with Crippen LogP contribution in [0.5, 0.6) is 0 Å². The Balaban J connectivity index is 0.000000360. The molecule has 0 spiro atoms. The first-order valence-corrected chi connectivity index (χ1v) is 2.88. The van der Waals surface area contributed by atoms with Gasteiger partial charge in [0, 0.05) is 0 Å². The predicted octanol–water partition coefficient (Wildman–Crippen LogP) is 2.32. The van der Waals surface area contributed by atoms with Gasteiger partial charge in [-0.2, -0.15) is 9.90 Å². The average molecular weight is 130 g/mol. The molecule has 38 valence electrons. The maximum Gasteiger partial charge on any atom is -0.0347 e. The molecule has 0 nitrogen and oxygen atoms in total. The number of hydrogen-bond acceptors (Lipinski definition) is 0. The third-order valence-electron chi connectivity index (χ3n) is 0.566. The van der Waals surface area contributed by atoms with Crippen LogP contribution in [0.2, 0.25) is 0 Å². The molecule has 0 aliphatic rings. The van der Waals surface area contributed by atoms with Gasteiger partial charge in [-0.15, -0.1) is 0 Å². The van der Waals surface area contributed by atoms with Gasteiger partial charge in [-0.05, 0) is 11.6 Å². The standard InChI is InChI=1S/C5H5P.H3P/c1-2-4-6-5-3-1;/h1-5H;1H3. The minimum Gasteiger partial charge on any atom is -0.153 e. The molecule has 0 radical (unpaired) electrons. The first-order valence-electron chi connectivity index (χ1n) is 1.85. The highest BCUT2D eigenvalue weighted by Crippen LogP contribution is 1.98. The summed E-state index contributed by atoms with van der Waals surface area (Å²) >= 11 is 0. The molecule has 0 aliphatic carbocycles. The summed E-state index contributed by atoms with van der Waals surface area (Å²) in [5, 5.41) is 0. The molecule has 0 aliphatic heterocycles. The summed E-state index contributed by atoms with van der Waals surface area (Å²) in [7, 11) is 1.31. The second-order valence-electron chi connectivity index (χ2n) is 1.02. The Labute approximate surface area is 48.7 Å². The maximum atomic E-state index is 2.10. The van der Waals surface area contributed by atoms with Crippen LogP contribution in [0.25, 0.3) is 0 Å². The predicted molar refractivity (Wildman–Crippen MR) is 40.1 cm³/mol. The fourth-order valence-corrected chi connectivity index (χ4v) is 0.810. The largest absolute Gasteiger partial charge is 0.153 e. The van der Waals surface area contributed by atoms with Gasteiger partial charge in [0.05, 0.1) is 0 Å². The van der Waals surface area contributed by atoms with E-state index >= 15 is 0 Å². The zero-order valence-corrected chi connectivity index (χ0v) is 6.35. The van der Waals surface area contributed by atoms with Gasteiger partial charge in [-0.3, -0.25) is 0 Å². The summed E-state index contributed by atoms with van der Waals surface area (Å²) in [5.74, 6) is 4.19. The Hall–Kier alpha value is 0.0800. The summed E-state index contributed by atoms with van der Waals surface area (Å²) in [4.78, 5) is 0. The summed E-state index contributed by atoms with van der Waals surface area (Å²) in [5.41, 5.74) is 0. The molecule has 1 rings (SSSR count). The molecular formula is C5H8P2. The molecule has 1 aromatic rings. The van der Waals surface area contributed by atoms with Crippen molar-refractivity contribution in [1.82, 2.24) is 0 Å². The van der Waals surface area contributed by atoms with Crippen LogP contribution in [0.1, 0.15) is 0 Å². The van der Waals surface area contributed by atoms with Gasteiger partial charge >= 0.3 is 0 Å². The molecule has 0 saturated heterocycles. The Morgan fingerprint density at radius 2 is 1.43 bits per heavy atom. The monoisotopic (exact) mass is 130 g/mol. The zero-order valence-electron chi connectivity index (χ0n) is 4.04. The van der Waals surface area contributed by atoms with Gasteiger partial charge in [0.15, 0.2) is 0 Å². The van der Waals surface area contributed by atoms with Crippen molar-refractivity contribution in [1.29, 1.82) is 0 Å². The molecule has 7 heavy (non-hydrogen) atoms. The van der Waals surface area contributed by atoms with Crippen molar-refractivity contribution in [3.05, 3.63) is 29.8 Å². The molecule has 0 saturated carbocycles. The van der Waals surface area contributed by atoms with Crippen LogP contribution in [0.15, 0.2) is 29.8 Å². The average Bonchev–Trinajstić information content (AvgIpc) is 1.72. The van der Waals surface area contributed by atoms with Crippen molar-refractivity contribution in [2.24, 2.45) is 0 Å². The lowest BCUT2D eigenvalue weighted by atomic mass is 10.6. The lowest BCUT2D eigenvalue weighted by molar-refractivity contribution is 1.89. The third kappa shape index (κ3) is 2.74. The van der Waals surface area contributed by atoms with E-state index in [-0.39, 0.29) is 9.90 Å². The second-order valence-corrected chi connectivity index (χ2v) is 1.92. The van der Waals surface area contributed by atoms with E-state index in [1.807, 2.05) is 18.2 Å². The molecule has 1 aromatic heterocycles. The normalized spacial score (nSPS) is 6.86. The van der Waals surface area contributed by atoms with E-state index in [1.165, 1.54) is 8.19 Å². The van der Waals surface area contributed by atoms with Gasteiger partial charge in [0.25, 0.3) is 0 Å². The van der Waals surface area contributed by atoms with Crippen LogP contribution in [0, 0.1) is 0 Å². The molecule has 1 unspecified atom stereocenters. The highest BCUT2D eigenvalue weighted by molar-refractivity contribution is 7.28. The number of hydrogen-bond donors (Lipinski definition) is 0. The van der Waals surface area contributed by atoms with E-state index in [2.05, 4.69) is 11.6 Å². The topological polar surface area (TPSA) is 0 Å². The van der Waals surface area contributed by atoms with Crippen LogP contribution in [-0.4, -0.2) is 0 Å². The minimum absolute atomic E-state index is 0. The highest BCUT2D eigenvalue weighted by atomic mass is 31.0. The Bertz CT molecular complexity index is 78.0. The van der Waals surface area contributed by atoms with Crippen molar-refractivity contribution in [2.75, 3.05) is 0 Å². The van der Waals surface area contributed by atoms with Crippen LogP contribution in [-0.2, 0) is 0 Å². The van der Waals surface area contributed by atoms with Crippen molar-refractivity contribution in [3.8, 4) is 0 Å². The third-order valence-corrected chi connectivity index (χ3v) is 1.26. The van der Waals surface area contributed by atoms with Crippen LogP contribution < -0.4 is 0 Å². The molecule has 0 fully saturated rings. The van der Waals surface area contributed by atoms with E-state index in [0.29, 0.717) is 0 Å². The summed E-state index contributed by atoms with van der Waals surface area (Å²) in [6, 6.07) is 6.11. The van der Waals surface area contributed by atoms with Gasteiger partial charge < -0.3 is 0 Å².